The van der Waals surface area contributed by atoms with Crippen LogP contribution in [0.1, 0.15) is 39.5 Å². The van der Waals surface area contributed by atoms with Gasteiger partial charge in [-0.05, 0) is 25.7 Å². The third kappa shape index (κ3) is 4.73. The second-order valence-corrected chi connectivity index (χ2v) is 9.44. The van der Waals surface area contributed by atoms with Crippen molar-refractivity contribution in [2.75, 3.05) is 57.9 Å². The highest BCUT2D eigenvalue weighted by Gasteiger charge is 2.41. The molecule has 2 saturated heterocycles. The van der Waals surface area contributed by atoms with E-state index in [0.29, 0.717) is 12.5 Å². The minimum Gasteiger partial charge on any atom is -0.469 e. The van der Waals surface area contributed by atoms with Crippen LogP contribution in [0.2, 0.25) is 0 Å². The molecule has 7 heteroatoms. The van der Waals surface area contributed by atoms with Gasteiger partial charge in [0.15, 0.2) is 5.96 Å². The lowest BCUT2D eigenvalue weighted by Gasteiger charge is -2.42. The van der Waals surface area contributed by atoms with E-state index in [4.69, 9.17) is 9.73 Å². The largest absolute Gasteiger partial charge is 0.469 e. The molecular formula is C20H36N4O2S. The number of ether oxygens (including phenoxy) is 1. The minimum absolute atomic E-state index is 0.0570. The molecule has 1 N–H and O–H groups in total. The van der Waals surface area contributed by atoms with Crippen LogP contribution in [0.25, 0.3) is 0 Å². The quantitative estimate of drug-likeness (QED) is 0.436. The van der Waals surface area contributed by atoms with Crippen molar-refractivity contribution in [3.63, 3.8) is 0 Å². The topological polar surface area (TPSA) is 57.2 Å². The summed E-state index contributed by atoms with van der Waals surface area (Å²) in [5.74, 6) is 3.60. The summed E-state index contributed by atoms with van der Waals surface area (Å²) in [7, 11) is 1.48. The normalized spacial score (nSPS) is 29.1. The number of likely N-dealkylation sites (tertiary alicyclic amines) is 1. The smallest absolute Gasteiger partial charge is 0.310 e. The standard InChI is InChI=1S/C20H36N4O2S/c1-4-21-19(23-13-16(2)17(14-23)18(25)26-3)22-15-20(7-5-6-8-20)24-9-11-27-12-10-24/h16-17H,4-15H2,1-3H3,(H,21,22). The fourth-order valence-corrected chi connectivity index (χ4v) is 5.79. The zero-order valence-corrected chi connectivity index (χ0v) is 18.0. The molecule has 2 heterocycles. The highest BCUT2D eigenvalue weighted by molar-refractivity contribution is 7.99. The van der Waals surface area contributed by atoms with E-state index < -0.39 is 0 Å². The van der Waals surface area contributed by atoms with Gasteiger partial charge in [-0.25, -0.2) is 0 Å². The number of rotatable bonds is 5. The molecular weight excluding hydrogens is 360 g/mol. The SMILES string of the molecule is CCNC(=NCC1(N2CCSCC2)CCCC1)N1CC(C)C(C(=O)OC)C1. The Kier molecular flexibility index (Phi) is 7.31. The molecule has 2 atom stereocenters. The first kappa shape index (κ1) is 20.8. The van der Waals surface area contributed by atoms with Crippen LogP contribution in [0, 0.1) is 11.8 Å². The van der Waals surface area contributed by atoms with Gasteiger partial charge in [0, 0.05) is 49.8 Å². The van der Waals surface area contributed by atoms with Gasteiger partial charge in [-0.3, -0.25) is 14.7 Å². The monoisotopic (exact) mass is 396 g/mol. The van der Waals surface area contributed by atoms with E-state index >= 15 is 0 Å². The predicted molar refractivity (Wildman–Crippen MR) is 112 cm³/mol. The van der Waals surface area contributed by atoms with Crippen LogP contribution < -0.4 is 5.32 Å². The minimum atomic E-state index is -0.0982. The van der Waals surface area contributed by atoms with E-state index in [9.17, 15) is 4.79 Å². The fourth-order valence-electron chi connectivity index (χ4n) is 4.89. The Morgan fingerprint density at radius 3 is 2.59 bits per heavy atom. The average Bonchev–Trinajstić information content (AvgIpc) is 3.33. The Morgan fingerprint density at radius 1 is 1.26 bits per heavy atom. The number of aliphatic imine (C=N–C) groups is 1. The summed E-state index contributed by atoms with van der Waals surface area (Å²) in [6.45, 7) is 9.92. The number of nitrogens with one attached hydrogen (secondary N) is 1. The molecule has 27 heavy (non-hydrogen) atoms. The van der Waals surface area contributed by atoms with Crippen molar-refractivity contribution < 1.29 is 9.53 Å². The molecule has 3 rings (SSSR count). The molecule has 3 aliphatic rings. The van der Waals surface area contributed by atoms with E-state index in [-0.39, 0.29) is 17.4 Å². The zero-order chi connectivity index (χ0) is 19.3. The van der Waals surface area contributed by atoms with Crippen molar-refractivity contribution in [3.05, 3.63) is 0 Å². The molecule has 0 bridgehead atoms. The molecule has 2 aliphatic heterocycles. The van der Waals surface area contributed by atoms with Crippen molar-refractivity contribution in [2.45, 2.75) is 45.1 Å². The molecule has 0 spiro atoms. The third-order valence-corrected chi connectivity index (χ3v) is 7.43. The van der Waals surface area contributed by atoms with E-state index in [0.717, 1.165) is 25.6 Å². The number of esters is 1. The summed E-state index contributed by atoms with van der Waals surface area (Å²) in [6.07, 6.45) is 5.17. The Labute approximate surface area is 168 Å². The first-order chi connectivity index (χ1) is 13.1. The van der Waals surface area contributed by atoms with Gasteiger partial charge in [0.2, 0.25) is 0 Å². The molecule has 1 aliphatic carbocycles. The van der Waals surface area contributed by atoms with Gasteiger partial charge in [-0.1, -0.05) is 19.8 Å². The maximum atomic E-state index is 12.1. The van der Waals surface area contributed by atoms with Crippen molar-refractivity contribution in [1.82, 2.24) is 15.1 Å². The zero-order valence-electron chi connectivity index (χ0n) is 17.2. The van der Waals surface area contributed by atoms with Gasteiger partial charge in [0.05, 0.1) is 19.6 Å². The predicted octanol–water partition coefficient (Wildman–Crippen LogP) is 2.05. The van der Waals surface area contributed by atoms with Crippen LogP contribution in [0.3, 0.4) is 0 Å². The fraction of sp³-hybridized carbons (Fsp3) is 0.900. The number of guanidine groups is 1. The van der Waals surface area contributed by atoms with Crippen molar-refractivity contribution in [3.8, 4) is 0 Å². The molecule has 0 radical (unpaired) electrons. The lowest BCUT2D eigenvalue weighted by Crippen LogP contribution is -2.53. The van der Waals surface area contributed by atoms with Gasteiger partial charge >= 0.3 is 5.97 Å². The van der Waals surface area contributed by atoms with Crippen LogP contribution in [0.15, 0.2) is 4.99 Å². The first-order valence-electron chi connectivity index (χ1n) is 10.5. The second kappa shape index (κ2) is 9.50. The van der Waals surface area contributed by atoms with Crippen LogP contribution in [-0.2, 0) is 9.53 Å². The van der Waals surface area contributed by atoms with E-state index in [1.807, 2.05) is 0 Å². The number of nitrogens with zero attached hydrogens (tertiary/aromatic N) is 3. The molecule has 0 aromatic carbocycles. The van der Waals surface area contributed by atoms with Crippen LogP contribution in [0.4, 0.5) is 0 Å². The summed E-state index contributed by atoms with van der Waals surface area (Å²) in [6, 6.07) is 0. The molecule has 2 unspecified atom stereocenters. The highest BCUT2D eigenvalue weighted by Crippen LogP contribution is 2.37. The molecule has 6 nitrogen and oxygen atoms in total. The van der Waals surface area contributed by atoms with E-state index in [1.165, 1.54) is 57.4 Å². The number of carbonyl (C=O) groups excluding carboxylic acids is 1. The Balaban J connectivity index is 1.72. The van der Waals surface area contributed by atoms with Crippen LogP contribution in [-0.4, -0.2) is 85.2 Å². The lowest BCUT2D eigenvalue weighted by molar-refractivity contribution is -0.145. The number of methoxy groups -OCH3 is 1. The maximum Gasteiger partial charge on any atom is 0.310 e. The molecule has 3 fully saturated rings. The van der Waals surface area contributed by atoms with Crippen molar-refractivity contribution in [2.24, 2.45) is 16.8 Å². The van der Waals surface area contributed by atoms with Gasteiger partial charge in [0.1, 0.15) is 0 Å². The Bertz CT molecular complexity index is 530. The maximum absolute atomic E-state index is 12.1. The lowest BCUT2D eigenvalue weighted by atomic mass is 9.95. The van der Waals surface area contributed by atoms with Gasteiger partial charge in [-0.15, -0.1) is 0 Å². The molecule has 0 amide bonds. The Morgan fingerprint density at radius 2 is 1.96 bits per heavy atom. The second-order valence-electron chi connectivity index (χ2n) is 8.21. The summed E-state index contributed by atoms with van der Waals surface area (Å²) in [5.41, 5.74) is 0.245. The summed E-state index contributed by atoms with van der Waals surface area (Å²) in [5, 5.41) is 3.47. The van der Waals surface area contributed by atoms with E-state index in [1.54, 1.807) is 0 Å². The third-order valence-electron chi connectivity index (χ3n) is 6.49. The average molecular weight is 397 g/mol. The Hall–Kier alpha value is -0.950. The molecule has 154 valence electrons. The van der Waals surface area contributed by atoms with Gasteiger partial charge in [-0.2, -0.15) is 11.8 Å². The summed E-state index contributed by atoms with van der Waals surface area (Å²) >= 11 is 2.07. The van der Waals surface area contributed by atoms with Crippen molar-refractivity contribution >= 4 is 23.7 Å². The van der Waals surface area contributed by atoms with Crippen LogP contribution in [0.5, 0.6) is 0 Å². The van der Waals surface area contributed by atoms with Gasteiger partial charge in [0.25, 0.3) is 0 Å². The molecule has 1 saturated carbocycles. The first-order valence-corrected chi connectivity index (χ1v) is 11.7. The highest BCUT2D eigenvalue weighted by atomic mass is 32.2. The number of hydrogen-bond donors (Lipinski definition) is 1. The number of thioether (sulfide) groups is 1. The number of hydrogen-bond acceptors (Lipinski definition) is 5. The molecule has 0 aromatic rings. The van der Waals surface area contributed by atoms with E-state index in [2.05, 4.69) is 40.7 Å². The van der Waals surface area contributed by atoms with Crippen molar-refractivity contribution in [1.29, 1.82) is 0 Å². The van der Waals surface area contributed by atoms with Gasteiger partial charge < -0.3 is 15.0 Å². The number of carbonyl (C=O) groups is 1. The summed E-state index contributed by atoms with van der Waals surface area (Å²) in [4.78, 5) is 22.1. The van der Waals surface area contributed by atoms with Crippen LogP contribution >= 0.6 is 11.8 Å². The summed E-state index contributed by atoms with van der Waals surface area (Å²) < 4.78 is 4.99. The molecule has 0 aromatic heterocycles.